The Morgan fingerprint density at radius 1 is 1.32 bits per heavy atom. The Labute approximate surface area is 118 Å². The lowest BCUT2D eigenvalue weighted by Crippen LogP contribution is -2.24. The minimum Gasteiger partial charge on any atom is -0.338 e. The van der Waals surface area contributed by atoms with Crippen molar-refractivity contribution >= 4 is 11.8 Å². The molecule has 102 valence electrons. The molecular formula is C14H19N3OS. The highest BCUT2D eigenvalue weighted by Gasteiger charge is 2.09. The molecule has 1 unspecified atom stereocenters. The Morgan fingerprint density at radius 2 is 2.05 bits per heavy atom. The van der Waals surface area contributed by atoms with Gasteiger partial charge in [-0.1, -0.05) is 22.9 Å². The number of nitrogens with zero attached hydrogens (tertiary/aromatic N) is 2. The van der Waals surface area contributed by atoms with Gasteiger partial charge in [0.25, 0.3) is 0 Å². The number of rotatable bonds is 6. The summed E-state index contributed by atoms with van der Waals surface area (Å²) < 4.78 is 5.25. The second-order valence-electron chi connectivity index (χ2n) is 4.60. The summed E-state index contributed by atoms with van der Waals surface area (Å²) in [5, 5.41) is 7.15. The molecule has 0 fully saturated rings. The zero-order valence-electron chi connectivity index (χ0n) is 11.5. The number of thioether (sulfide) groups is 1. The number of aryl methyl sites for hydroxylation is 1. The summed E-state index contributed by atoms with van der Waals surface area (Å²) in [7, 11) is 1.93. The minimum atomic E-state index is 0.357. The highest BCUT2D eigenvalue weighted by atomic mass is 32.2. The summed E-state index contributed by atoms with van der Waals surface area (Å²) in [6, 6.07) is 8.79. The fourth-order valence-electron chi connectivity index (χ4n) is 1.59. The van der Waals surface area contributed by atoms with Crippen molar-refractivity contribution in [2.45, 2.75) is 37.0 Å². The van der Waals surface area contributed by atoms with Crippen LogP contribution in [0.1, 0.15) is 24.2 Å². The van der Waals surface area contributed by atoms with E-state index in [1.807, 2.05) is 7.05 Å². The van der Waals surface area contributed by atoms with Gasteiger partial charge in [-0.15, -0.1) is 11.8 Å². The molecule has 2 rings (SSSR count). The molecular weight excluding hydrogens is 258 g/mol. The first kappa shape index (κ1) is 14.1. The molecule has 0 saturated carbocycles. The van der Waals surface area contributed by atoms with E-state index in [9.17, 15) is 0 Å². The molecule has 0 radical (unpaired) electrons. The molecule has 0 amide bonds. The zero-order valence-corrected chi connectivity index (χ0v) is 12.3. The fraction of sp³-hybridized carbons (Fsp3) is 0.429. The number of aromatic nitrogens is 2. The molecule has 0 saturated heterocycles. The smallest absolute Gasteiger partial charge is 0.237 e. The van der Waals surface area contributed by atoms with Crippen molar-refractivity contribution in [1.82, 2.24) is 15.5 Å². The van der Waals surface area contributed by atoms with Crippen LogP contribution in [0.5, 0.6) is 0 Å². The van der Waals surface area contributed by atoms with E-state index in [-0.39, 0.29) is 0 Å². The Hall–Kier alpha value is -1.33. The molecule has 1 heterocycles. The van der Waals surface area contributed by atoms with E-state index in [0.29, 0.717) is 17.7 Å². The third-order valence-corrected chi connectivity index (χ3v) is 3.87. The highest BCUT2D eigenvalue weighted by molar-refractivity contribution is 7.98. The van der Waals surface area contributed by atoms with E-state index in [4.69, 9.17) is 4.52 Å². The van der Waals surface area contributed by atoms with Gasteiger partial charge in [0.15, 0.2) is 5.82 Å². The van der Waals surface area contributed by atoms with Gasteiger partial charge < -0.3 is 9.84 Å². The Kier molecular flexibility index (Phi) is 4.99. The van der Waals surface area contributed by atoms with Gasteiger partial charge in [0.1, 0.15) is 0 Å². The summed E-state index contributed by atoms with van der Waals surface area (Å²) in [5.41, 5.74) is 1.27. The third kappa shape index (κ3) is 4.36. The van der Waals surface area contributed by atoms with Crippen LogP contribution in [0, 0.1) is 6.92 Å². The average molecular weight is 277 g/mol. The molecule has 0 bridgehead atoms. The molecule has 19 heavy (non-hydrogen) atoms. The highest BCUT2D eigenvalue weighted by Crippen LogP contribution is 2.22. The minimum absolute atomic E-state index is 0.357. The van der Waals surface area contributed by atoms with Gasteiger partial charge in [0.2, 0.25) is 5.89 Å². The van der Waals surface area contributed by atoms with Gasteiger partial charge in [-0.25, -0.2) is 0 Å². The van der Waals surface area contributed by atoms with E-state index in [0.717, 1.165) is 12.2 Å². The monoisotopic (exact) mass is 277 g/mol. The summed E-state index contributed by atoms with van der Waals surface area (Å²) in [5.74, 6) is 2.16. The van der Waals surface area contributed by atoms with Crippen LogP contribution in [0.2, 0.25) is 0 Å². The first-order valence-corrected chi connectivity index (χ1v) is 7.34. The normalized spacial score (nSPS) is 12.6. The van der Waals surface area contributed by atoms with Crippen LogP contribution in [0.3, 0.4) is 0 Å². The lowest BCUT2D eigenvalue weighted by Gasteiger charge is -2.04. The van der Waals surface area contributed by atoms with Crippen molar-refractivity contribution in [2.24, 2.45) is 0 Å². The Morgan fingerprint density at radius 3 is 2.74 bits per heavy atom. The maximum Gasteiger partial charge on any atom is 0.237 e. The molecule has 0 aliphatic carbocycles. The van der Waals surface area contributed by atoms with Crippen molar-refractivity contribution in [3.63, 3.8) is 0 Å². The maximum atomic E-state index is 5.25. The van der Waals surface area contributed by atoms with E-state index in [1.165, 1.54) is 10.5 Å². The van der Waals surface area contributed by atoms with Gasteiger partial charge >= 0.3 is 0 Å². The lowest BCUT2D eigenvalue weighted by atomic mass is 10.2. The average Bonchev–Trinajstić information content (AvgIpc) is 2.85. The molecule has 0 aliphatic rings. The zero-order chi connectivity index (χ0) is 13.7. The van der Waals surface area contributed by atoms with E-state index in [1.54, 1.807) is 11.8 Å². The second-order valence-corrected chi connectivity index (χ2v) is 5.65. The van der Waals surface area contributed by atoms with E-state index in [2.05, 4.69) is 53.6 Å². The topological polar surface area (TPSA) is 51.0 Å². The van der Waals surface area contributed by atoms with Crippen LogP contribution in [0.15, 0.2) is 33.7 Å². The van der Waals surface area contributed by atoms with Crippen molar-refractivity contribution in [3.8, 4) is 0 Å². The van der Waals surface area contributed by atoms with E-state index >= 15 is 0 Å². The van der Waals surface area contributed by atoms with Crippen LogP contribution >= 0.6 is 11.8 Å². The molecule has 1 N–H and O–H groups in total. The van der Waals surface area contributed by atoms with Crippen LogP contribution in [0.4, 0.5) is 0 Å². The quantitative estimate of drug-likeness (QED) is 0.823. The number of hydrogen-bond donors (Lipinski definition) is 1. The van der Waals surface area contributed by atoms with Gasteiger partial charge in [-0.2, -0.15) is 4.98 Å². The van der Waals surface area contributed by atoms with E-state index < -0.39 is 0 Å². The van der Waals surface area contributed by atoms with Gasteiger partial charge in [0, 0.05) is 17.4 Å². The molecule has 0 spiro atoms. The van der Waals surface area contributed by atoms with Crippen molar-refractivity contribution in [1.29, 1.82) is 0 Å². The van der Waals surface area contributed by atoms with Crippen LogP contribution < -0.4 is 5.32 Å². The summed E-state index contributed by atoms with van der Waals surface area (Å²) >= 11 is 1.71. The number of hydrogen-bond acceptors (Lipinski definition) is 5. The number of nitrogens with one attached hydrogen (secondary N) is 1. The van der Waals surface area contributed by atoms with Crippen LogP contribution in [-0.4, -0.2) is 23.2 Å². The summed E-state index contributed by atoms with van der Waals surface area (Å²) in [4.78, 5) is 5.61. The molecule has 1 atom stereocenters. The molecule has 2 aromatic rings. The summed E-state index contributed by atoms with van der Waals surface area (Å²) in [6.45, 7) is 4.18. The summed E-state index contributed by atoms with van der Waals surface area (Å²) in [6.07, 6.45) is 0.787. The van der Waals surface area contributed by atoms with Gasteiger partial charge in [-0.3, -0.25) is 0 Å². The maximum absolute atomic E-state index is 5.25. The van der Waals surface area contributed by atoms with Crippen molar-refractivity contribution in [2.75, 3.05) is 7.05 Å². The Bertz CT molecular complexity index is 510. The predicted molar refractivity (Wildman–Crippen MR) is 77.3 cm³/mol. The SMILES string of the molecule is CNC(C)Cc1noc(CSc2ccc(C)cc2)n1. The molecule has 1 aromatic heterocycles. The van der Waals surface area contributed by atoms with Crippen LogP contribution in [0.25, 0.3) is 0 Å². The van der Waals surface area contributed by atoms with Crippen LogP contribution in [-0.2, 0) is 12.2 Å². The number of likely N-dealkylation sites (N-methyl/N-ethyl adjacent to an activating group) is 1. The first-order chi connectivity index (χ1) is 9.17. The van der Waals surface area contributed by atoms with Gasteiger partial charge in [-0.05, 0) is 33.0 Å². The van der Waals surface area contributed by atoms with Crippen molar-refractivity contribution < 1.29 is 4.52 Å². The Balaban J connectivity index is 1.88. The van der Waals surface area contributed by atoms with Gasteiger partial charge in [0.05, 0.1) is 5.75 Å². The molecule has 0 aliphatic heterocycles. The number of benzene rings is 1. The standard InChI is InChI=1S/C14H19N3OS/c1-10-4-6-12(7-5-10)19-9-14-16-13(17-18-14)8-11(2)15-3/h4-7,11,15H,8-9H2,1-3H3. The second kappa shape index (κ2) is 6.73. The van der Waals surface area contributed by atoms with Crippen molar-refractivity contribution in [3.05, 3.63) is 41.5 Å². The lowest BCUT2D eigenvalue weighted by molar-refractivity contribution is 0.382. The molecule has 4 nitrogen and oxygen atoms in total. The molecule has 1 aromatic carbocycles. The first-order valence-electron chi connectivity index (χ1n) is 6.35. The fourth-order valence-corrected chi connectivity index (χ4v) is 2.32. The molecule has 5 heteroatoms. The largest absolute Gasteiger partial charge is 0.338 e. The predicted octanol–water partition coefficient (Wildman–Crippen LogP) is 2.82. The third-order valence-electron chi connectivity index (χ3n) is 2.88.